The molecular formula is C17H22N4O4. The van der Waals surface area contributed by atoms with Gasteiger partial charge in [-0.1, -0.05) is 19.3 Å². The van der Waals surface area contributed by atoms with Crippen LogP contribution in [-0.2, 0) is 9.59 Å². The number of hydrazone groups is 1. The van der Waals surface area contributed by atoms with Crippen LogP contribution in [-0.4, -0.2) is 29.0 Å². The zero-order valence-corrected chi connectivity index (χ0v) is 14.2. The minimum Gasteiger partial charge on any atom is -0.347 e. The first-order valence-corrected chi connectivity index (χ1v) is 8.33. The van der Waals surface area contributed by atoms with E-state index in [0.29, 0.717) is 11.3 Å². The summed E-state index contributed by atoms with van der Waals surface area (Å²) in [6, 6.07) is 5.88. The molecule has 25 heavy (non-hydrogen) atoms. The molecular weight excluding hydrogens is 324 g/mol. The molecule has 134 valence electrons. The van der Waals surface area contributed by atoms with Crippen molar-refractivity contribution < 1.29 is 14.5 Å². The Morgan fingerprint density at radius 3 is 2.44 bits per heavy atom. The third kappa shape index (κ3) is 5.66. The topological polar surface area (TPSA) is 114 Å². The number of nitrogens with zero attached hydrogens (tertiary/aromatic N) is 2. The molecule has 1 aromatic carbocycles. The van der Waals surface area contributed by atoms with E-state index in [1.807, 2.05) is 0 Å². The maximum Gasteiger partial charge on any atom is 0.269 e. The Labute approximate surface area is 145 Å². The molecule has 0 aromatic heterocycles. The van der Waals surface area contributed by atoms with Crippen LogP contribution in [0.3, 0.4) is 0 Å². The van der Waals surface area contributed by atoms with Gasteiger partial charge < -0.3 is 5.32 Å². The summed E-state index contributed by atoms with van der Waals surface area (Å²) < 4.78 is 0. The quantitative estimate of drug-likeness (QED) is 0.466. The van der Waals surface area contributed by atoms with Crippen LogP contribution in [0.5, 0.6) is 0 Å². The molecule has 8 heteroatoms. The van der Waals surface area contributed by atoms with Gasteiger partial charge in [0.1, 0.15) is 0 Å². The molecule has 0 heterocycles. The first-order valence-electron chi connectivity index (χ1n) is 8.33. The molecule has 1 fully saturated rings. The molecule has 2 N–H and O–H groups in total. The van der Waals surface area contributed by atoms with E-state index in [1.54, 1.807) is 19.1 Å². The van der Waals surface area contributed by atoms with Gasteiger partial charge in [0.25, 0.3) is 11.6 Å². The number of nitro benzene ring substituents is 1. The second-order valence-electron chi connectivity index (χ2n) is 6.09. The lowest BCUT2D eigenvalue weighted by atomic mass is 9.89. The van der Waals surface area contributed by atoms with Crippen molar-refractivity contribution >= 4 is 23.2 Å². The van der Waals surface area contributed by atoms with Crippen LogP contribution in [0.2, 0.25) is 0 Å². The highest BCUT2D eigenvalue weighted by molar-refractivity contribution is 5.99. The van der Waals surface area contributed by atoms with Crippen LogP contribution in [0.25, 0.3) is 0 Å². The van der Waals surface area contributed by atoms with Crippen LogP contribution >= 0.6 is 0 Å². The number of benzene rings is 1. The van der Waals surface area contributed by atoms with Crippen LogP contribution in [0.1, 0.15) is 44.6 Å². The van der Waals surface area contributed by atoms with Gasteiger partial charge in [-0.05, 0) is 37.5 Å². The van der Waals surface area contributed by atoms with Gasteiger partial charge in [-0.2, -0.15) is 5.10 Å². The zero-order chi connectivity index (χ0) is 18.2. The Kier molecular flexibility index (Phi) is 6.62. The van der Waals surface area contributed by atoms with Crippen LogP contribution in [0.4, 0.5) is 5.69 Å². The minimum atomic E-state index is -0.479. The maximum absolute atomic E-state index is 12.0. The van der Waals surface area contributed by atoms with Crippen LogP contribution < -0.4 is 10.7 Å². The average Bonchev–Trinajstić information content (AvgIpc) is 2.64. The molecule has 1 aliphatic carbocycles. The van der Waals surface area contributed by atoms with E-state index in [0.717, 1.165) is 25.7 Å². The van der Waals surface area contributed by atoms with Crippen molar-refractivity contribution in [2.24, 2.45) is 11.0 Å². The summed E-state index contributed by atoms with van der Waals surface area (Å²) in [7, 11) is 0. The number of nitrogens with one attached hydrogen (secondary N) is 2. The monoisotopic (exact) mass is 346 g/mol. The summed E-state index contributed by atoms with van der Waals surface area (Å²) in [6.07, 6.45) is 5.04. The maximum atomic E-state index is 12.0. The number of non-ortho nitro benzene ring substituents is 1. The van der Waals surface area contributed by atoms with Crippen molar-refractivity contribution in [3.8, 4) is 0 Å². The van der Waals surface area contributed by atoms with E-state index in [9.17, 15) is 19.7 Å². The van der Waals surface area contributed by atoms with Gasteiger partial charge in [0.2, 0.25) is 5.91 Å². The number of hydrogen-bond acceptors (Lipinski definition) is 5. The fourth-order valence-corrected chi connectivity index (χ4v) is 2.75. The predicted molar refractivity (Wildman–Crippen MR) is 93.0 cm³/mol. The Hall–Kier alpha value is -2.77. The Morgan fingerprint density at radius 1 is 1.20 bits per heavy atom. The molecule has 0 atom stereocenters. The Balaban J connectivity index is 1.80. The van der Waals surface area contributed by atoms with Crippen molar-refractivity contribution in [2.45, 2.75) is 39.0 Å². The van der Waals surface area contributed by atoms with Crippen molar-refractivity contribution in [3.05, 3.63) is 39.9 Å². The summed E-state index contributed by atoms with van der Waals surface area (Å²) in [4.78, 5) is 33.9. The van der Waals surface area contributed by atoms with Gasteiger partial charge in [0.15, 0.2) is 0 Å². The second kappa shape index (κ2) is 8.91. The van der Waals surface area contributed by atoms with E-state index < -0.39 is 10.8 Å². The highest BCUT2D eigenvalue weighted by atomic mass is 16.6. The van der Waals surface area contributed by atoms with Crippen LogP contribution in [0.15, 0.2) is 29.4 Å². The minimum absolute atomic E-state index is 0.00639. The third-order valence-electron chi connectivity index (χ3n) is 4.24. The van der Waals surface area contributed by atoms with Gasteiger partial charge in [-0.3, -0.25) is 19.7 Å². The number of nitro groups is 1. The van der Waals surface area contributed by atoms with Crippen molar-refractivity contribution in [2.75, 3.05) is 6.54 Å². The molecule has 1 saturated carbocycles. The second-order valence-corrected chi connectivity index (χ2v) is 6.09. The summed E-state index contributed by atoms with van der Waals surface area (Å²) in [5, 5.41) is 17.2. The summed E-state index contributed by atoms with van der Waals surface area (Å²) in [5.41, 5.74) is 3.55. The fourth-order valence-electron chi connectivity index (χ4n) is 2.75. The number of carbonyl (C=O) groups is 2. The van der Waals surface area contributed by atoms with Gasteiger partial charge in [-0.15, -0.1) is 0 Å². The lowest BCUT2D eigenvalue weighted by Crippen LogP contribution is -2.39. The largest absolute Gasteiger partial charge is 0.347 e. The molecule has 1 aromatic rings. The molecule has 2 amide bonds. The number of carbonyl (C=O) groups excluding carboxylic acids is 2. The lowest BCUT2D eigenvalue weighted by molar-refractivity contribution is -0.384. The normalized spacial score (nSPS) is 15.5. The molecule has 0 saturated heterocycles. The zero-order valence-electron chi connectivity index (χ0n) is 14.2. The van der Waals surface area contributed by atoms with Gasteiger partial charge in [0, 0.05) is 18.1 Å². The number of amides is 2. The van der Waals surface area contributed by atoms with E-state index in [2.05, 4.69) is 15.8 Å². The van der Waals surface area contributed by atoms with E-state index in [4.69, 9.17) is 0 Å². The molecule has 0 unspecified atom stereocenters. The average molecular weight is 346 g/mol. The van der Waals surface area contributed by atoms with E-state index in [-0.39, 0.29) is 24.1 Å². The SMILES string of the molecule is C/C(=N/NC(=O)CNC(=O)C1CCCCC1)c1ccc([N+](=O)[O-])cc1. The smallest absolute Gasteiger partial charge is 0.269 e. The molecule has 0 aliphatic heterocycles. The van der Waals surface area contributed by atoms with Gasteiger partial charge >= 0.3 is 0 Å². The first kappa shape index (κ1) is 18.6. The molecule has 1 aliphatic rings. The third-order valence-corrected chi connectivity index (χ3v) is 4.24. The Bertz CT molecular complexity index is 664. The van der Waals surface area contributed by atoms with E-state index in [1.165, 1.54) is 18.6 Å². The highest BCUT2D eigenvalue weighted by Gasteiger charge is 2.21. The number of hydrogen-bond donors (Lipinski definition) is 2. The summed E-state index contributed by atoms with van der Waals surface area (Å²) >= 11 is 0. The molecule has 8 nitrogen and oxygen atoms in total. The van der Waals surface area contributed by atoms with Crippen molar-refractivity contribution in [3.63, 3.8) is 0 Å². The summed E-state index contributed by atoms with van der Waals surface area (Å²) in [5.74, 6) is -0.483. The molecule has 2 rings (SSSR count). The molecule has 0 bridgehead atoms. The molecule has 0 spiro atoms. The van der Waals surface area contributed by atoms with Gasteiger partial charge in [0.05, 0.1) is 17.2 Å². The van der Waals surface area contributed by atoms with Crippen molar-refractivity contribution in [1.29, 1.82) is 0 Å². The predicted octanol–water partition coefficient (Wildman–Crippen LogP) is 2.13. The Morgan fingerprint density at radius 2 is 1.84 bits per heavy atom. The van der Waals surface area contributed by atoms with E-state index >= 15 is 0 Å². The standard InChI is InChI=1S/C17H22N4O4/c1-12(13-7-9-15(10-8-13)21(24)25)19-20-16(22)11-18-17(23)14-5-3-2-4-6-14/h7-10,14H,2-6,11H2,1H3,(H,18,23)(H,20,22)/b19-12-. The number of rotatable bonds is 6. The lowest BCUT2D eigenvalue weighted by Gasteiger charge is -2.20. The highest BCUT2D eigenvalue weighted by Crippen LogP contribution is 2.23. The van der Waals surface area contributed by atoms with Crippen LogP contribution in [0, 0.1) is 16.0 Å². The van der Waals surface area contributed by atoms with Gasteiger partial charge in [-0.25, -0.2) is 5.43 Å². The summed E-state index contributed by atoms with van der Waals surface area (Å²) in [6.45, 7) is 1.56. The molecule has 0 radical (unpaired) electrons. The first-order chi connectivity index (χ1) is 12.0. The van der Waals surface area contributed by atoms with Crippen molar-refractivity contribution in [1.82, 2.24) is 10.7 Å². The fraction of sp³-hybridized carbons (Fsp3) is 0.471.